The van der Waals surface area contributed by atoms with Crippen molar-refractivity contribution < 1.29 is 14.3 Å². The van der Waals surface area contributed by atoms with Crippen molar-refractivity contribution in [1.82, 2.24) is 19.6 Å². The molecule has 8 heteroatoms. The second-order valence-electron chi connectivity index (χ2n) is 11.5. The van der Waals surface area contributed by atoms with Crippen LogP contribution < -0.4 is 4.90 Å². The number of nitrogens with zero attached hydrogens (tertiary/aromatic N) is 5. The van der Waals surface area contributed by atoms with Gasteiger partial charge >= 0.3 is 0 Å². The Kier molecular flexibility index (Phi) is 9.17. The van der Waals surface area contributed by atoms with Crippen LogP contribution in [0.25, 0.3) is 6.08 Å². The minimum Gasteiger partial charge on any atom is -0.378 e. The molecule has 1 saturated heterocycles. The molecule has 0 radical (unpaired) electrons. The van der Waals surface area contributed by atoms with Crippen LogP contribution in [0.3, 0.4) is 0 Å². The zero-order valence-corrected chi connectivity index (χ0v) is 25.2. The van der Waals surface area contributed by atoms with E-state index < -0.39 is 6.04 Å². The van der Waals surface area contributed by atoms with E-state index in [4.69, 9.17) is 4.74 Å². The molecule has 2 amide bonds. The van der Waals surface area contributed by atoms with Crippen LogP contribution >= 0.6 is 0 Å². The van der Waals surface area contributed by atoms with Crippen LogP contribution in [0, 0.1) is 0 Å². The normalized spacial score (nSPS) is 15.7. The molecule has 0 aliphatic carbocycles. The first-order chi connectivity index (χ1) is 21.5. The summed E-state index contributed by atoms with van der Waals surface area (Å²) in [5, 5.41) is 4.39. The molecule has 0 bridgehead atoms. The molecule has 2 aliphatic heterocycles. The zero-order valence-electron chi connectivity index (χ0n) is 25.2. The lowest BCUT2D eigenvalue weighted by atomic mass is 9.97. The monoisotopic (exact) mass is 589 g/mol. The summed E-state index contributed by atoms with van der Waals surface area (Å²) in [6.45, 7) is 4.63. The number of amides is 2. The van der Waals surface area contributed by atoms with Crippen molar-refractivity contribution in [3.8, 4) is 0 Å². The minimum absolute atomic E-state index is 0.0344. The lowest BCUT2D eigenvalue weighted by Crippen LogP contribution is -2.52. The smallest absolute Gasteiger partial charge is 0.247 e. The Morgan fingerprint density at radius 2 is 1.61 bits per heavy atom. The highest BCUT2D eigenvalue weighted by atomic mass is 16.5. The molecular formula is C36H39N5O3. The van der Waals surface area contributed by atoms with Crippen LogP contribution in [0.5, 0.6) is 0 Å². The third kappa shape index (κ3) is 7.09. The van der Waals surface area contributed by atoms with Gasteiger partial charge in [0.2, 0.25) is 11.8 Å². The van der Waals surface area contributed by atoms with E-state index in [0.717, 1.165) is 55.1 Å². The van der Waals surface area contributed by atoms with E-state index >= 15 is 0 Å². The second kappa shape index (κ2) is 13.7. The number of benzene rings is 3. The predicted octanol–water partition coefficient (Wildman–Crippen LogP) is 4.49. The molecule has 1 atom stereocenters. The molecule has 226 valence electrons. The largest absolute Gasteiger partial charge is 0.378 e. The highest BCUT2D eigenvalue weighted by Gasteiger charge is 2.34. The molecule has 1 aromatic heterocycles. The van der Waals surface area contributed by atoms with Gasteiger partial charge in [-0.1, -0.05) is 66.7 Å². The molecule has 2 aliphatic rings. The number of carbonyl (C=O) groups excluding carboxylic acids is 2. The summed E-state index contributed by atoms with van der Waals surface area (Å²) < 4.78 is 7.22. The van der Waals surface area contributed by atoms with E-state index in [0.29, 0.717) is 31.7 Å². The van der Waals surface area contributed by atoms with Crippen molar-refractivity contribution in [2.75, 3.05) is 37.7 Å². The lowest BCUT2D eigenvalue weighted by Gasteiger charge is -2.37. The first-order valence-corrected chi connectivity index (χ1v) is 15.3. The number of ether oxygens (including phenoxy) is 1. The van der Waals surface area contributed by atoms with Gasteiger partial charge in [0, 0.05) is 64.2 Å². The number of anilines is 1. The van der Waals surface area contributed by atoms with Gasteiger partial charge in [0.15, 0.2) is 0 Å². The molecule has 44 heavy (non-hydrogen) atoms. The van der Waals surface area contributed by atoms with E-state index in [2.05, 4.69) is 46.4 Å². The van der Waals surface area contributed by atoms with E-state index in [1.807, 2.05) is 66.7 Å². The van der Waals surface area contributed by atoms with Crippen LogP contribution in [-0.4, -0.2) is 70.3 Å². The van der Waals surface area contributed by atoms with Gasteiger partial charge < -0.3 is 19.4 Å². The predicted molar refractivity (Wildman–Crippen MR) is 172 cm³/mol. The summed E-state index contributed by atoms with van der Waals surface area (Å²) in [4.78, 5) is 34.5. The maximum atomic E-state index is 14.5. The highest BCUT2D eigenvalue weighted by molar-refractivity contribution is 5.95. The number of carbonyl (C=O) groups is 2. The topological polar surface area (TPSA) is 70.9 Å². The number of fused-ring (bicyclic) bond motifs is 1. The van der Waals surface area contributed by atoms with Gasteiger partial charge in [-0.25, -0.2) is 0 Å². The number of morpholine rings is 1. The maximum Gasteiger partial charge on any atom is 0.247 e. The van der Waals surface area contributed by atoms with Crippen molar-refractivity contribution in [3.63, 3.8) is 0 Å². The molecule has 3 heterocycles. The fourth-order valence-corrected chi connectivity index (χ4v) is 6.01. The van der Waals surface area contributed by atoms with Crippen LogP contribution in [-0.2, 0) is 47.3 Å². The molecule has 0 saturated carbocycles. The van der Waals surface area contributed by atoms with Crippen molar-refractivity contribution in [2.24, 2.45) is 7.05 Å². The SMILES string of the molecule is Cn1ccc(/C=C/C(=O)N(Cc2ccc(N3CCOCC3)cc2)[C@@H](Cc2ccccc2)C(=O)N2CCc3ccccc3C2)n1. The molecular weight excluding hydrogens is 550 g/mol. The summed E-state index contributed by atoms with van der Waals surface area (Å²) in [6.07, 6.45) is 6.33. The van der Waals surface area contributed by atoms with Gasteiger partial charge in [0.25, 0.3) is 0 Å². The van der Waals surface area contributed by atoms with E-state index in [1.54, 1.807) is 21.7 Å². The Morgan fingerprint density at radius 1 is 0.886 bits per heavy atom. The number of hydrogen-bond acceptors (Lipinski definition) is 5. The van der Waals surface area contributed by atoms with Gasteiger partial charge in [-0.3, -0.25) is 14.3 Å². The molecule has 6 rings (SSSR count). The van der Waals surface area contributed by atoms with E-state index in [-0.39, 0.29) is 11.8 Å². The van der Waals surface area contributed by atoms with Gasteiger partial charge in [0.1, 0.15) is 6.04 Å². The summed E-state index contributed by atoms with van der Waals surface area (Å²) >= 11 is 0. The Bertz CT molecular complexity index is 1590. The van der Waals surface area contributed by atoms with Gasteiger partial charge in [-0.2, -0.15) is 5.10 Å². The second-order valence-corrected chi connectivity index (χ2v) is 11.5. The average Bonchev–Trinajstić information content (AvgIpc) is 3.50. The van der Waals surface area contributed by atoms with Crippen LogP contribution in [0.4, 0.5) is 5.69 Å². The van der Waals surface area contributed by atoms with Gasteiger partial charge in [-0.05, 0) is 52.9 Å². The van der Waals surface area contributed by atoms with Crippen molar-refractivity contribution >= 4 is 23.6 Å². The first-order valence-electron chi connectivity index (χ1n) is 15.3. The summed E-state index contributed by atoms with van der Waals surface area (Å²) in [6, 6.07) is 27.8. The molecule has 0 spiro atoms. The van der Waals surface area contributed by atoms with Gasteiger partial charge in [-0.15, -0.1) is 0 Å². The maximum absolute atomic E-state index is 14.5. The highest BCUT2D eigenvalue weighted by Crippen LogP contribution is 2.24. The number of hydrogen-bond donors (Lipinski definition) is 0. The molecule has 3 aromatic carbocycles. The van der Waals surface area contributed by atoms with Crippen LogP contribution in [0.1, 0.15) is 27.9 Å². The average molecular weight is 590 g/mol. The van der Waals surface area contributed by atoms with Crippen molar-refractivity contribution in [3.05, 3.63) is 125 Å². The summed E-state index contributed by atoms with van der Waals surface area (Å²) in [5.74, 6) is -0.257. The lowest BCUT2D eigenvalue weighted by molar-refractivity contribution is -0.144. The molecule has 0 N–H and O–H groups in total. The Morgan fingerprint density at radius 3 is 2.34 bits per heavy atom. The third-order valence-corrected chi connectivity index (χ3v) is 8.45. The molecule has 1 fully saturated rings. The molecule has 0 unspecified atom stereocenters. The van der Waals surface area contributed by atoms with Crippen LogP contribution in [0.2, 0.25) is 0 Å². The zero-order chi connectivity index (χ0) is 30.3. The fraction of sp³-hybridized carbons (Fsp3) is 0.306. The van der Waals surface area contributed by atoms with Crippen molar-refractivity contribution in [1.29, 1.82) is 0 Å². The van der Waals surface area contributed by atoms with Crippen molar-refractivity contribution in [2.45, 2.75) is 32.0 Å². The van der Waals surface area contributed by atoms with E-state index in [1.165, 1.54) is 5.56 Å². The minimum atomic E-state index is -0.678. The van der Waals surface area contributed by atoms with E-state index in [9.17, 15) is 9.59 Å². The quantitative estimate of drug-likeness (QED) is 0.269. The summed E-state index contributed by atoms with van der Waals surface area (Å²) in [7, 11) is 1.84. The Hall–Kier alpha value is -4.69. The van der Waals surface area contributed by atoms with Gasteiger partial charge in [0.05, 0.1) is 18.9 Å². The Labute approximate surface area is 259 Å². The molecule has 8 nitrogen and oxygen atoms in total. The summed E-state index contributed by atoms with van der Waals surface area (Å²) in [5.41, 5.74) is 6.25. The Balaban J connectivity index is 1.32. The fourth-order valence-electron chi connectivity index (χ4n) is 6.01. The van der Waals surface area contributed by atoms with Crippen LogP contribution in [0.15, 0.2) is 97.2 Å². The standard InChI is InChI=1S/C36H39N5O3/c1-38-19-18-32(37-38)13-16-35(42)41(26-29-11-14-33(15-12-29)39-21-23-44-24-22-39)34(25-28-7-3-2-4-8-28)36(43)40-20-17-30-9-5-6-10-31(30)27-40/h2-16,18-19,34H,17,20-27H2,1H3/b16-13+/t34-/m0/s1. The number of aromatic nitrogens is 2. The third-order valence-electron chi connectivity index (χ3n) is 8.45. The molecule has 4 aromatic rings. The number of rotatable bonds is 9. The first kappa shape index (κ1) is 29.4. The number of aryl methyl sites for hydroxylation is 1.